The van der Waals surface area contributed by atoms with Gasteiger partial charge in [-0.25, -0.2) is 4.98 Å². The number of aromatic nitrogens is 2. The number of imidazole rings is 1. The Morgan fingerprint density at radius 1 is 1.42 bits per heavy atom. The van der Waals surface area contributed by atoms with Gasteiger partial charge in [0.15, 0.2) is 0 Å². The first-order valence-corrected chi connectivity index (χ1v) is 6.60. The van der Waals surface area contributed by atoms with E-state index in [-0.39, 0.29) is 6.04 Å². The molecule has 0 aliphatic carbocycles. The van der Waals surface area contributed by atoms with Gasteiger partial charge in [0.1, 0.15) is 18.2 Å². The average molecular weight is 259 g/mol. The highest BCUT2D eigenvalue weighted by Gasteiger charge is 2.10. The lowest BCUT2D eigenvalue weighted by Gasteiger charge is -2.15. The molecule has 4 heteroatoms. The van der Waals surface area contributed by atoms with Crippen LogP contribution in [0, 0.1) is 6.92 Å². The van der Waals surface area contributed by atoms with Crippen molar-refractivity contribution in [2.24, 2.45) is 5.73 Å². The molecule has 2 aromatic rings. The number of nitrogens with two attached hydrogens (primary N) is 1. The van der Waals surface area contributed by atoms with Crippen molar-refractivity contribution in [3.05, 3.63) is 47.5 Å². The fourth-order valence-corrected chi connectivity index (χ4v) is 2.07. The third-order valence-corrected chi connectivity index (χ3v) is 3.16. The van der Waals surface area contributed by atoms with Crippen LogP contribution in [0.2, 0.25) is 0 Å². The molecule has 4 nitrogen and oxygen atoms in total. The second-order valence-corrected chi connectivity index (χ2v) is 4.75. The van der Waals surface area contributed by atoms with E-state index in [1.807, 2.05) is 25.3 Å². The SMILES string of the molecule is CCn1ccnc1COc1ccc(C)cc1C(C)N. The van der Waals surface area contributed by atoms with Crippen molar-refractivity contribution < 1.29 is 4.74 Å². The van der Waals surface area contributed by atoms with Gasteiger partial charge in [-0.3, -0.25) is 0 Å². The lowest BCUT2D eigenvalue weighted by Crippen LogP contribution is -2.10. The van der Waals surface area contributed by atoms with Gasteiger partial charge in [-0.2, -0.15) is 0 Å². The molecule has 0 aliphatic rings. The number of rotatable bonds is 5. The second-order valence-electron chi connectivity index (χ2n) is 4.75. The van der Waals surface area contributed by atoms with E-state index in [9.17, 15) is 0 Å². The standard InChI is InChI=1S/C15H21N3O/c1-4-18-8-7-17-15(18)10-19-14-6-5-11(2)9-13(14)12(3)16/h5-9,12H,4,10,16H2,1-3H3. The summed E-state index contributed by atoms with van der Waals surface area (Å²) < 4.78 is 7.95. The maximum atomic E-state index is 5.99. The van der Waals surface area contributed by atoms with Crippen LogP contribution in [0.4, 0.5) is 0 Å². The van der Waals surface area contributed by atoms with Crippen molar-refractivity contribution in [3.8, 4) is 5.75 Å². The highest BCUT2D eigenvalue weighted by Crippen LogP contribution is 2.25. The van der Waals surface area contributed by atoms with Crippen LogP contribution >= 0.6 is 0 Å². The van der Waals surface area contributed by atoms with E-state index in [0.717, 1.165) is 23.7 Å². The van der Waals surface area contributed by atoms with Gasteiger partial charge in [-0.05, 0) is 26.8 Å². The number of aryl methyl sites for hydroxylation is 2. The quantitative estimate of drug-likeness (QED) is 0.898. The molecule has 19 heavy (non-hydrogen) atoms. The normalized spacial score (nSPS) is 12.4. The van der Waals surface area contributed by atoms with Crippen molar-refractivity contribution in [2.75, 3.05) is 0 Å². The molecule has 1 aromatic carbocycles. The molecule has 1 heterocycles. The van der Waals surface area contributed by atoms with E-state index >= 15 is 0 Å². The second kappa shape index (κ2) is 5.89. The lowest BCUT2D eigenvalue weighted by molar-refractivity contribution is 0.285. The van der Waals surface area contributed by atoms with E-state index in [0.29, 0.717) is 6.61 Å². The zero-order valence-corrected chi connectivity index (χ0v) is 11.8. The summed E-state index contributed by atoms with van der Waals surface area (Å²) in [6, 6.07) is 6.05. The van der Waals surface area contributed by atoms with Gasteiger partial charge in [0.2, 0.25) is 0 Å². The van der Waals surface area contributed by atoms with Crippen molar-refractivity contribution in [1.82, 2.24) is 9.55 Å². The summed E-state index contributed by atoms with van der Waals surface area (Å²) in [5, 5.41) is 0. The first-order chi connectivity index (χ1) is 9.11. The molecule has 0 amide bonds. The smallest absolute Gasteiger partial charge is 0.146 e. The minimum Gasteiger partial charge on any atom is -0.485 e. The molecule has 0 spiro atoms. The molecule has 1 unspecified atom stereocenters. The predicted octanol–water partition coefficient (Wildman–Crippen LogP) is 2.81. The lowest BCUT2D eigenvalue weighted by atomic mass is 10.1. The maximum Gasteiger partial charge on any atom is 0.146 e. The van der Waals surface area contributed by atoms with Crippen molar-refractivity contribution >= 4 is 0 Å². The Morgan fingerprint density at radius 2 is 2.21 bits per heavy atom. The monoisotopic (exact) mass is 259 g/mol. The summed E-state index contributed by atoms with van der Waals surface area (Å²) >= 11 is 0. The topological polar surface area (TPSA) is 53.1 Å². The molecule has 1 atom stereocenters. The molecule has 2 N–H and O–H groups in total. The number of nitrogens with zero attached hydrogens (tertiary/aromatic N) is 2. The first-order valence-electron chi connectivity index (χ1n) is 6.60. The van der Waals surface area contributed by atoms with Gasteiger partial charge in [0, 0.05) is 30.5 Å². The van der Waals surface area contributed by atoms with E-state index in [1.165, 1.54) is 5.56 Å². The van der Waals surface area contributed by atoms with Gasteiger partial charge in [0.05, 0.1) is 0 Å². The molecule has 0 aliphatic heterocycles. The third-order valence-electron chi connectivity index (χ3n) is 3.16. The highest BCUT2D eigenvalue weighted by atomic mass is 16.5. The predicted molar refractivity (Wildman–Crippen MR) is 76.0 cm³/mol. The molecule has 0 saturated carbocycles. The van der Waals surface area contributed by atoms with Crippen LogP contribution in [-0.2, 0) is 13.2 Å². The van der Waals surface area contributed by atoms with E-state index in [2.05, 4.69) is 29.5 Å². The Labute approximate surface area is 114 Å². The maximum absolute atomic E-state index is 5.99. The molecule has 0 radical (unpaired) electrons. The van der Waals surface area contributed by atoms with Gasteiger partial charge < -0.3 is 15.0 Å². The van der Waals surface area contributed by atoms with Crippen LogP contribution in [-0.4, -0.2) is 9.55 Å². The molecule has 0 saturated heterocycles. The molecule has 102 valence electrons. The minimum absolute atomic E-state index is 0.0409. The van der Waals surface area contributed by atoms with E-state index < -0.39 is 0 Å². The minimum atomic E-state index is -0.0409. The largest absolute Gasteiger partial charge is 0.485 e. The van der Waals surface area contributed by atoms with Gasteiger partial charge in [-0.1, -0.05) is 17.7 Å². The van der Waals surface area contributed by atoms with Crippen LogP contribution < -0.4 is 10.5 Å². The molecule has 0 fully saturated rings. The first kappa shape index (κ1) is 13.6. The summed E-state index contributed by atoms with van der Waals surface area (Å²) in [6.45, 7) is 7.47. The Bertz CT molecular complexity index is 546. The molecular weight excluding hydrogens is 238 g/mol. The zero-order valence-electron chi connectivity index (χ0n) is 11.8. The molecule has 1 aromatic heterocycles. The van der Waals surface area contributed by atoms with Crippen molar-refractivity contribution in [3.63, 3.8) is 0 Å². The fraction of sp³-hybridized carbons (Fsp3) is 0.400. The summed E-state index contributed by atoms with van der Waals surface area (Å²) in [7, 11) is 0. The van der Waals surface area contributed by atoms with Crippen molar-refractivity contribution in [1.29, 1.82) is 0 Å². The number of hydrogen-bond acceptors (Lipinski definition) is 3. The third kappa shape index (κ3) is 3.15. The molecule has 2 rings (SSSR count). The number of ether oxygens (including phenoxy) is 1. The van der Waals surface area contributed by atoms with Gasteiger partial charge in [-0.15, -0.1) is 0 Å². The Kier molecular flexibility index (Phi) is 4.22. The summed E-state index contributed by atoms with van der Waals surface area (Å²) in [6.07, 6.45) is 3.75. The van der Waals surface area contributed by atoms with Crippen LogP contribution in [0.3, 0.4) is 0 Å². The van der Waals surface area contributed by atoms with Gasteiger partial charge in [0.25, 0.3) is 0 Å². The van der Waals surface area contributed by atoms with Crippen molar-refractivity contribution in [2.45, 2.75) is 40.0 Å². The van der Waals surface area contributed by atoms with E-state index in [4.69, 9.17) is 10.5 Å². The van der Waals surface area contributed by atoms with Crippen LogP contribution in [0.5, 0.6) is 5.75 Å². The van der Waals surface area contributed by atoms with Crippen LogP contribution in [0.15, 0.2) is 30.6 Å². The van der Waals surface area contributed by atoms with Crippen LogP contribution in [0.1, 0.15) is 36.8 Å². The number of benzene rings is 1. The zero-order chi connectivity index (χ0) is 13.8. The fourth-order valence-electron chi connectivity index (χ4n) is 2.07. The molecule has 0 bridgehead atoms. The summed E-state index contributed by atoms with van der Waals surface area (Å²) in [4.78, 5) is 4.30. The summed E-state index contributed by atoms with van der Waals surface area (Å²) in [5.74, 6) is 1.77. The van der Waals surface area contributed by atoms with Gasteiger partial charge >= 0.3 is 0 Å². The summed E-state index contributed by atoms with van der Waals surface area (Å²) in [5.41, 5.74) is 8.21. The number of hydrogen-bond donors (Lipinski definition) is 1. The average Bonchev–Trinajstić information content (AvgIpc) is 2.84. The Morgan fingerprint density at radius 3 is 2.89 bits per heavy atom. The Balaban J connectivity index is 2.15. The molecular formula is C15H21N3O. The highest BCUT2D eigenvalue weighted by molar-refractivity contribution is 5.38. The van der Waals surface area contributed by atoms with Crippen LogP contribution in [0.25, 0.3) is 0 Å². The van der Waals surface area contributed by atoms with E-state index in [1.54, 1.807) is 6.20 Å². The Hall–Kier alpha value is -1.81.